The minimum absolute atomic E-state index is 0.219. The Bertz CT molecular complexity index is 1800. The number of likely N-dealkylation sites (N-methyl/N-ethyl adjacent to an activating group) is 1. The van der Waals surface area contributed by atoms with E-state index in [4.69, 9.17) is 4.98 Å². The molecule has 2 aromatic heterocycles. The molecule has 4 N–H and O–H groups in total. The van der Waals surface area contributed by atoms with Crippen molar-refractivity contribution in [1.29, 1.82) is 0 Å². The highest BCUT2D eigenvalue weighted by atomic mass is 16.2. The number of aromatic nitrogens is 3. The number of nitrogens with zero attached hydrogens (tertiary/aromatic N) is 3. The summed E-state index contributed by atoms with van der Waals surface area (Å²) in [6.45, 7) is 0.676. The second-order valence-corrected chi connectivity index (χ2v) is 10.9. The van der Waals surface area contributed by atoms with E-state index in [0.717, 1.165) is 40.7 Å². The lowest BCUT2D eigenvalue weighted by molar-refractivity contribution is -0.111. The molecule has 43 heavy (non-hydrogen) atoms. The van der Waals surface area contributed by atoms with Gasteiger partial charge in [-0.05, 0) is 81.4 Å². The molecule has 1 saturated carbocycles. The largest absolute Gasteiger partial charge is 0.360 e. The Kier molecular flexibility index (Phi) is 7.97. The molecule has 1 aliphatic rings. The van der Waals surface area contributed by atoms with Crippen LogP contribution in [-0.2, 0) is 4.79 Å². The number of aromatic amines is 1. The number of fused-ring (bicyclic) bond motifs is 1. The van der Waals surface area contributed by atoms with E-state index in [1.54, 1.807) is 30.3 Å². The Hall–Kier alpha value is -5.28. The van der Waals surface area contributed by atoms with Crippen LogP contribution in [0.25, 0.3) is 22.2 Å². The van der Waals surface area contributed by atoms with E-state index in [-0.39, 0.29) is 11.8 Å². The summed E-state index contributed by atoms with van der Waals surface area (Å²) in [5, 5.41) is 10.2. The third-order valence-corrected chi connectivity index (χ3v) is 7.21. The molecule has 0 unspecified atom stereocenters. The van der Waals surface area contributed by atoms with Gasteiger partial charge in [0.2, 0.25) is 11.9 Å². The van der Waals surface area contributed by atoms with E-state index < -0.39 is 0 Å². The average Bonchev–Trinajstić information content (AvgIpc) is 3.75. The van der Waals surface area contributed by atoms with Crippen LogP contribution in [0, 0.1) is 0 Å². The van der Waals surface area contributed by atoms with E-state index in [1.807, 2.05) is 67.8 Å². The third kappa shape index (κ3) is 6.79. The van der Waals surface area contributed by atoms with Crippen molar-refractivity contribution in [2.75, 3.05) is 36.6 Å². The van der Waals surface area contributed by atoms with Gasteiger partial charge in [-0.2, -0.15) is 0 Å². The Balaban J connectivity index is 1.13. The minimum atomic E-state index is -0.257. The van der Waals surface area contributed by atoms with Crippen LogP contribution in [-0.4, -0.2) is 52.3 Å². The Morgan fingerprint density at radius 1 is 0.953 bits per heavy atom. The predicted octanol–water partition coefficient (Wildman–Crippen LogP) is 6.55. The van der Waals surface area contributed by atoms with E-state index in [2.05, 4.69) is 38.1 Å². The molecule has 216 valence electrons. The fourth-order valence-electron chi connectivity index (χ4n) is 4.89. The highest BCUT2D eigenvalue weighted by Crippen LogP contribution is 2.45. The van der Waals surface area contributed by atoms with Gasteiger partial charge in [-0.1, -0.05) is 30.3 Å². The zero-order valence-electron chi connectivity index (χ0n) is 24.1. The van der Waals surface area contributed by atoms with Gasteiger partial charge < -0.3 is 25.8 Å². The molecule has 0 saturated heterocycles. The highest BCUT2D eigenvalue weighted by molar-refractivity contribution is 6.05. The van der Waals surface area contributed by atoms with E-state index in [1.165, 1.54) is 11.6 Å². The molecule has 9 nitrogen and oxygen atoms in total. The van der Waals surface area contributed by atoms with Crippen LogP contribution in [0.4, 0.5) is 23.0 Å². The van der Waals surface area contributed by atoms with Gasteiger partial charge >= 0.3 is 0 Å². The number of nitrogens with one attached hydrogen (secondary N) is 4. The number of hydrogen-bond acceptors (Lipinski definition) is 6. The molecule has 0 radical (unpaired) electrons. The van der Waals surface area contributed by atoms with Crippen LogP contribution in [0.5, 0.6) is 0 Å². The summed E-state index contributed by atoms with van der Waals surface area (Å²) in [7, 11) is 3.87. The topological polar surface area (TPSA) is 115 Å². The minimum Gasteiger partial charge on any atom is -0.360 e. The van der Waals surface area contributed by atoms with Crippen molar-refractivity contribution in [3.8, 4) is 11.3 Å². The second kappa shape index (κ2) is 12.3. The lowest BCUT2D eigenvalue weighted by Crippen LogP contribution is -2.13. The average molecular weight is 572 g/mol. The summed E-state index contributed by atoms with van der Waals surface area (Å²) in [5.74, 6) is 0.504. The molecule has 0 spiro atoms. The quantitative estimate of drug-likeness (QED) is 0.141. The first-order chi connectivity index (χ1) is 20.9. The highest BCUT2D eigenvalue weighted by Gasteiger charge is 2.29. The van der Waals surface area contributed by atoms with Crippen molar-refractivity contribution in [2.24, 2.45) is 0 Å². The molecule has 6 rings (SSSR count). The molecule has 2 heterocycles. The maximum atomic E-state index is 13.0. The van der Waals surface area contributed by atoms with E-state index in [9.17, 15) is 9.59 Å². The van der Waals surface area contributed by atoms with Crippen LogP contribution < -0.4 is 16.0 Å². The van der Waals surface area contributed by atoms with Crippen molar-refractivity contribution in [3.63, 3.8) is 0 Å². The van der Waals surface area contributed by atoms with Gasteiger partial charge in [0.15, 0.2) is 0 Å². The number of anilines is 4. The summed E-state index contributed by atoms with van der Waals surface area (Å²) >= 11 is 0. The van der Waals surface area contributed by atoms with Gasteiger partial charge in [-0.3, -0.25) is 9.59 Å². The maximum Gasteiger partial charge on any atom is 0.255 e. The third-order valence-electron chi connectivity index (χ3n) is 7.21. The molecular weight excluding hydrogens is 538 g/mol. The normalized spacial score (nSPS) is 13.0. The number of rotatable bonds is 10. The van der Waals surface area contributed by atoms with Crippen molar-refractivity contribution in [3.05, 3.63) is 108 Å². The van der Waals surface area contributed by atoms with E-state index in [0.29, 0.717) is 35.3 Å². The van der Waals surface area contributed by atoms with Crippen molar-refractivity contribution in [2.45, 2.75) is 18.8 Å². The molecule has 0 aliphatic heterocycles. The maximum absolute atomic E-state index is 13.0. The van der Waals surface area contributed by atoms with Gasteiger partial charge in [0, 0.05) is 69.7 Å². The van der Waals surface area contributed by atoms with E-state index >= 15 is 0 Å². The lowest BCUT2D eigenvalue weighted by atomic mass is 10.0. The van der Waals surface area contributed by atoms with Gasteiger partial charge in [-0.25, -0.2) is 9.97 Å². The first-order valence-corrected chi connectivity index (χ1v) is 14.3. The Morgan fingerprint density at radius 2 is 1.74 bits per heavy atom. The molecule has 5 aromatic rings. The summed E-state index contributed by atoms with van der Waals surface area (Å²) in [5.41, 5.74) is 6.71. The van der Waals surface area contributed by atoms with Gasteiger partial charge in [0.1, 0.15) is 0 Å². The summed E-state index contributed by atoms with van der Waals surface area (Å²) in [6, 6.07) is 22.4. The van der Waals surface area contributed by atoms with Crippen LogP contribution in [0.2, 0.25) is 0 Å². The number of H-pyrrole nitrogens is 1. The van der Waals surface area contributed by atoms with Gasteiger partial charge in [0.05, 0.1) is 5.69 Å². The molecule has 3 aromatic carbocycles. The number of carbonyl (C=O) groups excluding carboxylic acids is 2. The first kappa shape index (κ1) is 27.9. The molecule has 1 aliphatic carbocycles. The molecule has 1 fully saturated rings. The van der Waals surface area contributed by atoms with Crippen LogP contribution in [0.15, 0.2) is 97.3 Å². The van der Waals surface area contributed by atoms with Crippen LogP contribution >= 0.6 is 0 Å². The number of carbonyl (C=O) groups is 2. The van der Waals surface area contributed by atoms with Crippen molar-refractivity contribution in [1.82, 2.24) is 19.9 Å². The number of amides is 2. The SMILES string of the molecule is CN(C)C/C=C/C(=O)Nc1ccc(C(=O)Nc2cccc(Nc3ncc(C4CC4)c(-c4c[nH]c5ccccc45)n3)c2)cc1. The second-order valence-electron chi connectivity index (χ2n) is 10.9. The molecular formula is C34H33N7O2. The molecule has 0 bridgehead atoms. The smallest absolute Gasteiger partial charge is 0.255 e. The predicted molar refractivity (Wildman–Crippen MR) is 172 cm³/mol. The summed E-state index contributed by atoms with van der Waals surface area (Å²) in [4.78, 5) is 39.9. The Morgan fingerprint density at radius 3 is 2.53 bits per heavy atom. The molecule has 2 amide bonds. The standard InChI is InChI=1S/C34H33N7O2/c1-41(2)18-6-11-31(42)37-24-16-14-23(15-17-24)33(43)38-25-7-5-8-26(19-25)39-34-36-20-28(22-12-13-22)32(40-34)29-21-35-30-10-4-3-9-27(29)30/h3-11,14-17,19-22,35H,12-13,18H2,1-2H3,(H,37,42)(H,38,43)(H,36,39,40)/b11-6+. The number of benzene rings is 3. The lowest BCUT2D eigenvalue weighted by Gasteiger charge is -2.12. The fourth-order valence-corrected chi connectivity index (χ4v) is 4.89. The zero-order valence-corrected chi connectivity index (χ0v) is 24.1. The Labute approximate surface area is 250 Å². The monoisotopic (exact) mass is 571 g/mol. The molecule has 9 heteroatoms. The number of para-hydroxylation sites is 1. The number of hydrogen-bond donors (Lipinski definition) is 4. The zero-order chi connectivity index (χ0) is 29.8. The van der Waals surface area contributed by atoms with Gasteiger partial charge in [0.25, 0.3) is 5.91 Å². The fraction of sp³-hybridized carbons (Fsp3) is 0.176. The van der Waals surface area contributed by atoms with Crippen molar-refractivity contribution < 1.29 is 9.59 Å². The van der Waals surface area contributed by atoms with Gasteiger partial charge in [-0.15, -0.1) is 0 Å². The van der Waals surface area contributed by atoms with Crippen LogP contribution in [0.1, 0.15) is 34.7 Å². The summed E-state index contributed by atoms with van der Waals surface area (Å²) < 4.78 is 0. The van der Waals surface area contributed by atoms with Crippen LogP contribution in [0.3, 0.4) is 0 Å². The van der Waals surface area contributed by atoms with Crippen molar-refractivity contribution >= 4 is 45.7 Å². The summed E-state index contributed by atoms with van der Waals surface area (Å²) in [6.07, 6.45) is 9.54. The first-order valence-electron chi connectivity index (χ1n) is 14.3. The molecule has 0 atom stereocenters.